The Hall–Kier alpha value is -1.48. The maximum absolute atomic E-state index is 12.6. The molecule has 4 aliphatic rings. The van der Waals surface area contributed by atoms with Gasteiger partial charge in [0.05, 0.1) is 0 Å². The number of ketones is 2. The third-order valence-electron chi connectivity index (χ3n) is 8.11. The van der Waals surface area contributed by atoms with Gasteiger partial charge in [0.25, 0.3) is 0 Å². The Morgan fingerprint density at radius 2 is 1.85 bits per heavy atom. The first-order valence-electron chi connectivity index (χ1n) is 9.98. The molecule has 136 valence electrons. The first-order chi connectivity index (χ1) is 12.4. The molecule has 0 aromatic carbocycles. The molecule has 0 radical (unpaired) electrons. The van der Waals surface area contributed by atoms with Crippen LogP contribution >= 0.6 is 11.3 Å². The van der Waals surface area contributed by atoms with Gasteiger partial charge in [0.1, 0.15) is 5.78 Å². The van der Waals surface area contributed by atoms with Crippen molar-refractivity contribution in [3.05, 3.63) is 40.1 Å². The van der Waals surface area contributed by atoms with Crippen LogP contribution in [0.5, 0.6) is 0 Å². The van der Waals surface area contributed by atoms with Crippen LogP contribution in [-0.4, -0.2) is 11.6 Å². The van der Waals surface area contributed by atoms with Gasteiger partial charge in [-0.2, -0.15) is 0 Å². The summed E-state index contributed by atoms with van der Waals surface area (Å²) in [5.41, 5.74) is 2.49. The Kier molecular flexibility index (Phi) is 3.54. The van der Waals surface area contributed by atoms with Crippen molar-refractivity contribution in [3.8, 4) is 0 Å². The quantitative estimate of drug-likeness (QED) is 0.662. The number of hydrogen-bond donors (Lipinski definition) is 0. The lowest BCUT2D eigenvalue weighted by atomic mass is 9.48. The van der Waals surface area contributed by atoms with Gasteiger partial charge in [0.2, 0.25) is 0 Å². The highest BCUT2D eigenvalue weighted by molar-refractivity contribution is 7.11. The lowest BCUT2D eigenvalue weighted by molar-refractivity contribution is -0.130. The second-order valence-corrected chi connectivity index (χ2v) is 10.2. The van der Waals surface area contributed by atoms with Crippen molar-refractivity contribution in [1.82, 2.24) is 0 Å². The van der Waals surface area contributed by atoms with Gasteiger partial charge in [-0.25, -0.2) is 0 Å². The highest BCUT2D eigenvalue weighted by atomic mass is 32.1. The molecule has 2 nitrogen and oxygen atoms in total. The predicted molar refractivity (Wildman–Crippen MR) is 105 cm³/mol. The molecular formula is C23H26O2S. The minimum Gasteiger partial charge on any atom is -0.299 e. The third kappa shape index (κ3) is 2.10. The summed E-state index contributed by atoms with van der Waals surface area (Å²) < 4.78 is 0. The van der Waals surface area contributed by atoms with Gasteiger partial charge in [-0.1, -0.05) is 26.0 Å². The normalized spacial score (nSPS) is 41.8. The maximum atomic E-state index is 12.6. The number of hydrogen-bond acceptors (Lipinski definition) is 3. The van der Waals surface area contributed by atoms with Crippen LogP contribution in [0.3, 0.4) is 0 Å². The van der Waals surface area contributed by atoms with Crippen molar-refractivity contribution in [3.63, 3.8) is 0 Å². The highest BCUT2D eigenvalue weighted by Gasteiger charge is 2.58. The molecule has 0 aliphatic heterocycles. The van der Waals surface area contributed by atoms with Crippen LogP contribution in [0, 0.1) is 28.6 Å². The van der Waals surface area contributed by atoms with Crippen LogP contribution in [0.2, 0.25) is 0 Å². The molecule has 0 amide bonds. The second kappa shape index (κ2) is 5.51. The van der Waals surface area contributed by atoms with Crippen LogP contribution in [0.15, 0.2) is 35.2 Å². The lowest BCUT2D eigenvalue weighted by Crippen LogP contribution is -2.49. The minimum atomic E-state index is -0.125. The van der Waals surface area contributed by atoms with E-state index in [9.17, 15) is 9.59 Å². The topological polar surface area (TPSA) is 34.1 Å². The lowest BCUT2D eigenvalue weighted by Gasteiger charge is -2.55. The number of Topliss-reactive ketones (excluding diaryl/α,β-unsaturated/α-hetero) is 1. The summed E-state index contributed by atoms with van der Waals surface area (Å²) in [6, 6.07) is 4.28. The van der Waals surface area contributed by atoms with Crippen LogP contribution < -0.4 is 0 Å². The fourth-order valence-electron chi connectivity index (χ4n) is 6.56. The average Bonchev–Trinajstić information content (AvgIpc) is 3.24. The van der Waals surface area contributed by atoms with Crippen LogP contribution in [-0.2, 0) is 9.59 Å². The van der Waals surface area contributed by atoms with Crippen LogP contribution in [0.1, 0.15) is 57.2 Å². The summed E-state index contributed by atoms with van der Waals surface area (Å²) in [5, 5.41) is 2.12. The van der Waals surface area contributed by atoms with Crippen LogP contribution in [0.25, 0.3) is 5.57 Å². The summed E-state index contributed by atoms with van der Waals surface area (Å²) >= 11 is 1.76. The fourth-order valence-corrected chi connectivity index (χ4v) is 7.32. The molecule has 0 bridgehead atoms. The summed E-state index contributed by atoms with van der Waals surface area (Å²) in [7, 11) is 0. The van der Waals surface area contributed by atoms with Crippen molar-refractivity contribution >= 4 is 28.5 Å². The molecule has 0 unspecified atom stereocenters. The molecule has 4 aliphatic carbocycles. The zero-order valence-corrected chi connectivity index (χ0v) is 16.4. The van der Waals surface area contributed by atoms with Crippen molar-refractivity contribution < 1.29 is 9.59 Å². The zero-order chi connectivity index (χ0) is 18.1. The van der Waals surface area contributed by atoms with E-state index in [0.717, 1.165) is 32.1 Å². The molecule has 0 N–H and O–H groups in total. The molecule has 1 heterocycles. The molecule has 5 rings (SSSR count). The molecule has 26 heavy (non-hydrogen) atoms. The van der Waals surface area contributed by atoms with Gasteiger partial charge in [0, 0.05) is 23.1 Å². The van der Waals surface area contributed by atoms with E-state index in [2.05, 4.69) is 37.4 Å². The largest absolute Gasteiger partial charge is 0.299 e. The van der Waals surface area contributed by atoms with Crippen molar-refractivity contribution in [2.75, 3.05) is 0 Å². The first-order valence-corrected chi connectivity index (χ1v) is 10.9. The molecule has 2 fully saturated rings. The van der Waals surface area contributed by atoms with E-state index in [-0.39, 0.29) is 16.6 Å². The summed E-state index contributed by atoms with van der Waals surface area (Å²) in [6.45, 7) is 4.61. The second-order valence-electron chi connectivity index (χ2n) is 9.21. The molecule has 1 aromatic heterocycles. The molecule has 0 saturated heterocycles. The van der Waals surface area contributed by atoms with Crippen molar-refractivity contribution in [1.29, 1.82) is 0 Å². The van der Waals surface area contributed by atoms with Crippen LogP contribution in [0.4, 0.5) is 0 Å². The smallest absolute Gasteiger partial charge is 0.156 e. The van der Waals surface area contributed by atoms with E-state index in [4.69, 9.17) is 0 Å². The first kappa shape index (κ1) is 16.7. The van der Waals surface area contributed by atoms with Gasteiger partial charge in [0.15, 0.2) is 5.78 Å². The average molecular weight is 367 g/mol. The Balaban J connectivity index is 1.70. The number of fused-ring (bicyclic) bond motifs is 5. The fraction of sp³-hybridized carbons (Fsp3) is 0.565. The van der Waals surface area contributed by atoms with Crippen molar-refractivity contribution in [2.24, 2.45) is 28.6 Å². The summed E-state index contributed by atoms with van der Waals surface area (Å²) in [6.07, 6.45) is 9.96. The number of thiophene rings is 1. The Labute approximate surface area is 159 Å². The standard InChI is InChI=1S/C23H26O2S/c1-22-9-7-14(24)12-19(22)16(20-4-3-11-26-20)13-15-17-5-6-21(25)23(17,2)10-8-18(15)22/h3-4,11-13,15,17-18H,5-10H2,1-2H3/t15-,17-,18-,22+,23-/m0/s1. The predicted octanol–water partition coefficient (Wildman–Crippen LogP) is 5.45. The van der Waals surface area contributed by atoms with Gasteiger partial charge in [-0.15, -0.1) is 11.3 Å². The molecule has 5 atom stereocenters. The monoisotopic (exact) mass is 366 g/mol. The molecule has 2 saturated carbocycles. The number of allylic oxidation sites excluding steroid dienone is 4. The number of carbonyl (C=O) groups is 2. The SMILES string of the molecule is C[C@]12CCC(=O)C=C1C(c1cccs1)=C[C@@H]1[C@@H]2CC[C@]2(C)C(=O)CC[C@@H]12. The Morgan fingerprint density at radius 1 is 1.04 bits per heavy atom. The van der Waals surface area contributed by atoms with E-state index in [1.165, 1.54) is 16.0 Å². The van der Waals surface area contributed by atoms with Gasteiger partial charge < -0.3 is 0 Å². The summed E-state index contributed by atoms with van der Waals surface area (Å²) in [4.78, 5) is 26.2. The molecule has 0 spiro atoms. The van der Waals surface area contributed by atoms with Gasteiger partial charge in [-0.05, 0) is 77.5 Å². The number of carbonyl (C=O) groups excluding carboxylic acids is 2. The highest BCUT2D eigenvalue weighted by Crippen LogP contribution is 2.64. The maximum Gasteiger partial charge on any atom is 0.156 e. The minimum absolute atomic E-state index is 0.0691. The molecule has 1 aromatic rings. The molecule has 3 heteroatoms. The Bertz CT molecular complexity index is 846. The zero-order valence-electron chi connectivity index (χ0n) is 15.6. The van der Waals surface area contributed by atoms with E-state index >= 15 is 0 Å². The van der Waals surface area contributed by atoms with Gasteiger partial charge in [-0.3, -0.25) is 9.59 Å². The number of rotatable bonds is 1. The molecular weight excluding hydrogens is 340 g/mol. The third-order valence-corrected chi connectivity index (χ3v) is 9.01. The Morgan fingerprint density at radius 3 is 2.62 bits per heavy atom. The van der Waals surface area contributed by atoms with E-state index in [0.29, 0.717) is 30.0 Å². The van der Waals surface area contributed by atoms with E-state index in [1.807, 2.05) is 6.08 Å². The van der Waals surface area contributed by atoms with E-state index < -0.39 is 0 Å². The van der Waals surface area contributed by atoms with Crippen molar-refractivity contribution in [2.45, 2.75) is 52.4 Å². The van der Waals surface area contributed by atoms with Gasteiger partial charge >= 0.3 is 0 Å². The van der Waals surface area contributed by atoms with E-state index in [1.54, 1.807) is 11.3 Å². The summed E-state index contributed by atoms with van der Waals surface area (Å²) in [5.74, 6) is 2.26.